The lowest BCUT2D eigenvalue weighted by Gasteiger charge is -2.34. The van der Waals surface area contributed by atoms with Gasteiger partial charge in [-0.15, -0.1) is 0 Å². The second-order valence-corrected chi connectivity index (χ2v) is 6.26. The largest absolute Gasteiger partial charge is 0.460 e. The summed E-state index contributed by atoms with van der Waals surface area (Å²) in [5.74, 6) is 0.0958. The van der Waals surface area contributed by atoms with E-state index in [0.29, 0.717) is 12.3 Å². The van der Waals surface area contributed by atoms with E-state index in [4.69, 9.17) is 10.5 Å². The summed E-state index contributed by atoms with van der Waals surface area (Å²) < 4.78 is 5.41. The molecule has 1 aliphatic carbocycles. The second-order valence-electron chi connectivity index (χ2n) is 6.26. The predicted molar refractivity (Wildman–Crippen MR) is 72.0 cm³/mol. The maximum atomic E-state index is 12.0. The van der Waals surface area contributed by atoms with Crippen LogP contribution in [0.2, 0.25) is 0 Å². The third-order valence-electron chi connectivity index (χ3n) is 3.32. The Morgan fingerprint density at radius 3 is 2.42 bits per heavy atom. The molecule has 1 rings (SSSR count). The molecule has 0 radical (unpaired) electrons. The van der Waals surface area contributed by atoms with Crippen LogP contribution in [0.4, 0.5) is 4.79 Å². The average Bonchev–Trinajstić information content (AvgIpc) is 2.25. The number of rotatable bonds is 3. The molecule has 0 aromatic rings. The number of hydrogen-bond donors (Lipinski definition) is 3. The Morgan fingerprint density at radius 1 is 1.26 bits per heavy atom. The van der Waals surface area contributed by atoms with Gasteiger partial charge < -0.3 is 10.5 Å². The molecule has 0 saturated heterocycles. The van der Waals surface area contributed by atoms with E-state index in [2.05, 4.69) is 17.8 Å². The number of carbonyl (C=O) groups is 2. The summed E-state index contributed by atoms with van der Waals surface area (Å²) in [7, 11) is 0. The van der Waals surface area contributed by atoms with Gasteiger partial charge in [0.25, 0.3) is 0 Å². The minimum Gasteiger partial charge on any atom is -0.460 e. The standard InChI is InChI=1S/C13H25N3O3/c1-8-5-6-9(11(17)19-13(2,3)4)7-10(8)15-16-12(14)18/h8-10,15H,5-7H2,1-4H3,(H3,14,16,18). The topological polar surface area (TPSA) is 93.4 Å². The summed E-state index contributed by atoms with van der Waals surface area (Å²) in [6, 6.07) is -0.578. The van der Waals surface area contributed by atoms with Crippen LogP contribution in [0, 0.1) is 11.8 Å². The smallest absolute Gasteiger partial charge is 0.326 e. The number of hydrogen-bond acceptors (Lipinski definition) is 4. The normalized spacial score (nSPS) is 27.7. The van der Waals surface area contributed by atoms with Gasteiger partial charge in [-0.3, -0.25) is 10.2 Å². The van der Waals surface area contributed by atoms with E-state index in [0.717, 1.165) is 12.8 Å². The van der Waals surface area contributed by atoms with Crippen molar-refractivity contribution in [3.8, 4) is 0 Å². The lowest BCUT2D eigenvalue weighted by Crippen LogP contribution is -2.52. The summed E-state index contributed by atoms with van der Waals surface area (Å²) in [4.78, 5) is 22.8. The number of amides is 2. The van der Waals surface area contributed by atoms with Crippen LogP contribution in [0.25, 0.3) is 0 Å². The van der Waals surface area contributed by atoms with Crippen molar-refractivity contribution in [3.63, 3.8) is 0 Å². The van der Waals surface area contributed by atoms with Crippen molar-refractivity contribution in [2.45, 2.75) is 58.6 Å². The van der Waals surface area contributed by atoms with E-state index in [1.807, 2.05) is 20.8 Å². The van der Waals surface area contributed by atoms with Crippen molar-refractivity contribution in [2.24, 2.45) is 17.6 Å². The maximum absolute atomic E-state index is 12.0. The fraction of sp³-hybridized carbons (Fsp3) is 0.846. The molecule has 0 aromatic heterocycles. The first-order chi connectivity index (χ1) is 8.69. The Bertz CT molecular complexity index is 339. The molecular weight excluding hydrogens is 246 g/mol. The van der Waals surface area contributed by atoms with E-state index < -0.39 is 11.6 Å². The lowest BCUT2D eigenvalue weighted by molar-refractivity contribution is -0.161. The molecule has 19 heavy (non-hydrogen) atoms. The average molecular weight is 271 g/mol. The fourth-order valence-corrected chi connectivity index (χ4v) is 2.29. The summed E-state index contributed by atoms with van der Waals surface area (Å²) in [6.45, 7) is 7.67. The van der Waals surface area contributed by atoms with Crippen LogP contribution < -0.4 is 16.6 Å². The van der Waals surface area contributed by atoms with Crippen LogP contribution in [0.3, 0.4) is 0 Å². The summed E-state index contributed by atoms with van der Waals surface area (Å²) >= 11 is 0. The van der Waals surface area contributed by atoms with E-state index in [1.165, 1.54) is 0 Å². The molecular formula is C13H25N3O3. The Hall–Kier alpha value is -1.30. The van der Waals surface area contributed by atoms with Gasteiger partial charge in [-0.25, -0.2) is 10.2 Å². The first-order valence-electron chi connectivity index (χ1n) is 6.73. The number of esters is 1. The molecule has 0 spiro atoms. The SMILES string of the molecule is CC1CCC(C(=O)OC(C)(C)C)CC1NNC(N)=O. The van der Waals surface area contributed by atoms with E-state index in [-0.39, 0.29) is 17.9 Å². The van der Waals surface area contributed by atoms with E-state index >= 15 is 0 Å². The highest BCUT2D eigenvalue weighted by Gasteiger charge is 2.34. The number of carbonyl (C=O) groups excluding carboxylic acids is 2. The highest BCUT2D eigenvalue weighted by molar-refractivity contribution is 5.73. The van der Waals surface area contributed by atoms with Crippen molar-refractivity contribution in [3.05, 3.63) is 0 Å². The number of hydrazine groups is 1. The summed E-state index contributed by atoms with van der Waals surface area (Å²) in [5.41, 5.74) is 9.84. The monoisotopic (exact) mass is 271 g/mol. The van der Waals surface area contributed by atoms with E-state index in [9.17, 15) is 9.59 Å². The van der Waals surface area contributed by atoms with E-state index in [1.54, 1.807) is 0 Å². The third-order valence-corrected chi connectivity index (χ3v) is 3.32. The number of nitrogens with two attached hydrogens (primary N) is 1. The van der Waals surface area contributed by atoms with Crippen LogP contribution in [0.5, 0.6) is 0 Å². The molecule has 2 amide bonds. The molecule has 4 N–H and O–H groups in total. The minimum absolute atomic E-state index is 0.0405. The predicted octanol–water partition coefficient (Wildman–Crippen LogP) is 1.31. The molecule has 3 atom stereocenters. The minimum atomic E-state index is -0.619. The quantitative estimate of drug-likeness (QED) is 0.533. The fourth-order valence-electron chi connectivity index (χ4n) is 2.29. The van der Waals surface area contributed by atoms with Gasteiger partial charge in [-0.2, -0.15) is 0 Å². The first kappa shape index (κ1) is 15.8. The molecule has 1 fully saturated rings. The summed E-state index contributed by atoms with van der Waals surface area (Å²) in [5, 5.41) is 0. The van der Waals surface area contributed by atoms with Crippen molar-refractivity contribution in [1.29, 1.82) is 0 Å². The maximum Gasteiger partial charge on any atom is 0.326 e. The highest BCUT2D eigenvalue weighted by atomic mass is 16.6. The van der Waals surface area contributed by atoms with Crippen LogP contribution in [0.1, 0.15) is 47.0 Å². The van der Waals surface area contributed by atoms with Gasteiger partial charge in [-0.1, -0.05) is 6.92 Å². The number of primary amides is 1. The number of ether oxygens (including phenoxy) is 1. The summed E-state index contributed by atoms with van der Waals surface area (Å²) in [6.07, 6.45) is 2.39. The molecule has 1 aliphatic rings. The molecule has 0 aromatic carbocycles. The van der Waals surface area contributed by atoms with Gasteiger partial charge in [0.2, 0.25) is 0 Å². The molecule has 1 saturated carbocycles. The molecule has 110 valence electrons. The van der Waals surface area contributed by atoms with Crippen molar-refractivity contribution < 1.29 is 14.3 Å². The molecule has 0 aliphatic heterocycles. The molecule has 6 heteroatoms. The Morgan fingerprint density at radius 2 is 1.89 bits per heavy atom. The van der Waals surface area contributed by atoms with Gasteiger partial charge >= 0.3 is 12.0 Å². The van der Waals surface area contributed by atoms with Gasteiger partial charge in [0.1, 0.15) is 5.60 Å². The van der Waals surface area contributed by atoms with Crippen molar-refractivity contribution >= 4 is 12.0 Å². The zero-order chi connectivity index (χ0) is 14.6. The number of nitrogens with one attached hydrogen (secondary N) is 2. The third kappa shape index (κ3) is 5.46. The van der Waals surface area contributed by atoms with Gasteiger partial charge in [0, 0.05) is 6.04 Å². The van der Waals surface area contributed by atoms with Crippen LogP contribution >= 0.6 is 0 Å². The van der Waals surface area contributed by atoms with Gasteiger partial charge in [0.15, 0.2) is 0 Å². The first-order valence-corrected chi connectivity index (χ1v) is 6.73. The van der Waals surface area contributed by atoms with Gasteiger partial charge in [-0.05, 0) is 46.0 Å². The second kappa shape index (κ2) is 6.23. The van der Waals surface area contributed by atoms with Gasteiger partial charge in [0.05, 0.1) is 5.92 Å². The highest BCUT2D eigenvalue weighted by Crippen LogP contribution is 2.30. The zero-order valence-corrected chi connectivity index (χ0v) is 12.2. The Balaban J connectivity index is 2.53. The van der Waals surface area contributed by atoms with Crippen molar-refractivity contribution in [2.75, 3.05) is 0 Å². The van der Waals surface area contributed by atoms with Crippen LogP contribution in [0.15, 0.2) is 0 Å². The Kier molecular flexibility index (Phi) is 5.17. The molecule has 3 unspecified atom stereocenters. The molecule has 0 heterocycles. The molecule has 0 bridgehead atoms. The van der Waals surface area contributed by atoms with Crippen molar-refractivity contribution in [1.82, 2.24) is 10.9 Å². The number of urea groups is 1. The van der Waals surface area contributed by atoms with Crippen LogP contribution in [-0.2, 0) is 9.53 Å². The molecule has 6 nitrogen and oxygen atoms in total. The lowest BCUT2D eigenvalue weighted by atomic mass is 9.79. The Labute approximate surface area is 114 Å². The zero-order valence-electron chi connectivity index (χ0n) is 12.2. The van der Waals surface area contributed by atoms with Crippen LogP contribution in [-0.4, -0.2) is 23.6 Å².